The molecule has 42 heavy (non-hydrogen) atoms. The Morgan fingerprint density at radius 2 is 1.67 bits per heavy atom. The summed E-state index contributed by atoms with van der Waals surface area (Å²) in [5.74, 6) is -0.690. The van der Waals surface area contributed by atoms with Gasteiger partial charge < -0.3 is 54.4 Å². The Bertz CT molecular complexity index is 1630. The minimum Gasteiger partial charge on any atom is -0.493 e. The summed E-state index contributed by atoms with van der Waals surface area (Å²) in [6.07, 6.45) is -9.27. The van der Waals surface area contributed by atoms with E-state index in [2.05, 4.69) is 5.32 Å². The number of aromatic nitrogens is 1. The van der Waals surface area contributed by atoms with E-state index >= 15 is 0 Å². The third-order valence-corrected chi connectivity index (χ3v) is 7.09. The van der Waals surface area contributed by atoms with Crippen LogP contribution >= 0.6 is 0 Å². The minimum atomic E-state index is -2.61. The number of carboxylic acid groups (broad SMARTS) is 1. The third-order valence-electron chi connectivity index (χ3n) is 7.09. The lowest BCUT2D eigenvalue weighted by atomic mass is 9.98. The van der Waals surface area contributed by atoms with E-state index in [1.54, 1.807) is 59.2 Å². The predicted molar refractivity (Wildman–Crippen MR) is 152 cm³/mol. The molecule has 6 atom stereocenters. The molecule has 0 bridgehead atoms. The molecule has 0 aliphatic carbocycles. The van der Waals surface area contributed by atoms with Crippen molar-refractivity contribution in [3.63, 3.8) is 0 Å². The largest absolute Gasteiger partial charge is 0.493 e. The van der Waals surface area contributed by atoms with Crippen molar-refractivity contribution in [1.29, 1.82) is 0 Å². The fourth-order valence-corrected chi connectivity index (χ4v) is 5.09. The Kier molecular flexibility index (Phi) is 7.94. The number of aliphatic hydroxyl groups is 4. The van der Waals surface area contributed by atoms with Crippen LogP contribution in [0.3, 0.4) is 0 Å². The van der Waals surface area contributed by atoms with Crippen LogP contribution in [0, 0.1) is 0 Å². The molecule has 224 valence electrons. The average molecular weight is 586 g/mol. The molecule has 1 fully saturated rings. The summed E-state index contributed by atoms with van der Waals surface area (Å²) >= 11 is 0. The van der Waals surface area contributed by atoms with Crippen LogP contribution in [0.25, 0.3) is 21.8 Å². The van der Waals surface area contributed by atoms with Gasteiger partial charge in [0, 0.05) is 23.9 Å². The van der Waals surface area contributed by atoms with Gasteiger partial charge in [0.25, 0.3) is 0 Å². The first-order chi connectivity index (χ1) is 21.5. The number of methoxy groups -OCH3 is 1. The summed E-state index contributed by atoms with van der Waals surface area (Å²) in [6, 6.07) is 18.7. The van der Waals surface area contributed by atoms with Gasteiger partial charge in [0.1, 0.15) is 43.4 Å². The highest BCUT2D eigenvalue weighted by atomic mass is 16.6. The maximum absolute atomic E-state index is 11.7. The van der Waals surface area contributed by atoms with Crippen LogP contribution in [-0.4, -0.2) is 99.9 Å². The molecule has 1 aliphatic heterocycles. The highest BCUT2D eigenvalue weighted by molar-refractivity contribution is 6.11. The first-order valence-corrected chi connectivity index (χ1v) is 13.3. The van der Waals surface area contributed by atoms with E-state index in [-0.39, 0.29) is 31.3 Å². The van der Waals surface area contributed by atoms with Gasteiger partial charge in [0.05, 0.1) is 22.2 Å². The van der Waals surface area contributed by atoms with Gasteiger partial charge in [-0.15, -0.1) is 0 Å². The molecule has 0 saturated carbocycles. The van der Waals surface area contributed by atoms with Crippen LogP contribution in [-0.2, 0) is 9.53 Å². The number of nitrogens with one attached hydrogen (secondary N) is 1. The van der Waals surface area contributed by atoms with E-state index < -0.39 is 49.8 Å². The van der Waals surface area contributed by atoms with E-state index in [0.717, 1.165) is 0 Å². The van der Waals surface area contributed by atoms with E-state index in [0.29, 0.717) is 34.1 Å². The Balaban J connectivity index is 1.25. The van der Waals surface area contributed by atoms with Gasteiger partial charge in [-0.1, -0.05) is 36.4 Å². The molecule has 0 amide bonds. The molecule has 2 heterocycles. The average Bonchev–Trinajstić information content (AvgIpc) is 3.33. The smallest absolute Gasteiger partial charge is 0.335 e. The van der Waals surface area contributed by atoms with Gasteiger partial charge >= 0.3 is 5.97 Å². The number of fused-ring (bicyclic) bond motifs is 3. The Morgan fingerprint density at radius 3 is 2.45 bits per heavy atom. The van der Waals surface area contributed by atoms with Crippen LogP contribution in [0.1, 0.15) is 10.3 Å². The number of ether oxygens (including phenoxy) is 4. The number of carbonyl (C=O) groups is 1. The van der Waals surface area contributed by atoms with Gasteiger partial charge in [0.2, 0.25) is 0 Å². The number of nitrogens with zero attached hydrogens (tertiary/aromatic N) is 1. The Labute approximate surface area is 245 Å². The molecule has 0 radical (unpaired) electrons. The minimum absolute atomic E-state index is 0.0870. The molecule has 0 spiro atoms. The van der Waals surface area contributed by atoms with Crippen molar-refractivity contribution in [3.8, 4) is 17.2 Å². The standard InChI is InChI=1S/C30H34N2O10/c1-39-21-10-4-5-11-22(21)40-14-13-31-15-17(33)16-41-23-12-6-9-20-24(23)18-7-2-3-8-19(18)32(20)29-27(36)25(34)26(35)28(42-29)30(37)38/h2-12,17,25-29,31,33-36H,13-16H2,1H3,(H,37,38)/t17?,25-,26-,27+,28-,29+/m0/s1/i1D3. The maximum atomic E-state index is 11.7. The van der Waals surface area contributed by atoms with E-state index in [4.69, 9.17) is 23.1 Å². The monoisotopic (exact) mass is 585 g/mol. The number of carboxylic acids is 1. The molecule has 12 heteroatoms. The second-order valence-electron chi connectivity index (χ2n) is 9.86. The number of aliphatic hydroxyl groups excluding tert-OH is 4. The molecule has 1 aromatic heterocycles. The summed E-state index contributed by atoms with van der Waals surface area (Å²) in [4.78, 5) is 11.7. The number of para-hydroxylation sites is 3. The molecule has 3 aromatic carbocycles. The lowest BCUT2D eigenvalue weighted by Gasteiger charge is -2.39. The Morgan fingerprint density at radius 1 is 0.952 bits per heavy atom. The van der Waals surface area contributed by atoms with Crippen molar-refractivity contribution < 1.29 is 53.4 Å². The molecular weight excluding hydrogens is 548 g/mol. The predicted octanol–water partition coefficient (Wildman–Crippen LogP) is 1.28. The molecule has 1 aliphatic rings. The zero-order valence-corrected chi connectivity index (χ0v) is 22.4. The van der Waals surface area contributed by atoms with Gasteiger partial charge in [-0.2, -0.15) is 0 Å². The normalized spacial score (nSPS) is 24.5. The summed E-state index contributed by atoms with van der Waals surface area (Å²) in [5, 5.41) is 55.9. The molecule has 12 nitrogen and oxygen atoms in total. The van der Waals surface area contributed by atoms with Gasteiger partial charge in [0.15, 0.2) is 23.8 Å². The number of hydrogen-bond donors (Lipinski definition) is 6. The summed E-state index contributed by atoms with van der Waals surface area (Å²) in [7, 11) is -2.61. The first kappa shape index (κ1) is 25.8. The SMILES string of the molecule is [2H]C([2H])([2H])Oc1ccccc1OCCNCC(O)COc1cccc2c1c1ccccc1n2[C@@H]1O[C@H](C(=O)O)[C@@H](O)[C@H](O)[C@H]1O. The fraction of sp³-hybridized carbons (Fsp3) is 0.367. The van der Waals surface area contributed by atoms with Crippen LogP contribution in [0.4, 0.5) is 0 Å². The molecule has 1 saturated heterocycles. The molecule has 4 aromatic rings. The summed E-state index contributed by atoms with van der Waals surface area (Å²) in [6.45, 7) is 0.588. The van der Waals surface area contributed by atoms with Crippen molar-refractivity contribution >= 4 is 27.8 Å². The maximum Gasteiger partial charge on any atom is 0.335 e. The van der Waals surface area contributed by atoms with Crippen molar-refractivity contribution in [2.75, 3.05) is 33.3 Å². The quantitative estimate of drug-likeness (QED) is 0.132. The van der Waals surface area contributed by atoms with Crippen molar-refractivity contribution in [1.82, 2.24) is 9.88 Å². The van der Waals surface area contributed by atoms with Crippen molar-refractivity contribution in [3.05, 3.63) is 66.7 Å². The topological polar surface area (TPSA) is 172 Å². The lowest BCUT2D eigenvalue weighted by molar-refractivity contribution is -0.245. The van der Waals surface area contributed by atoms with Crippen LogP contribution in [0.5, 0.6) is 17.2 Å². The van der Waals surface area contributed by atoms with Crippen molar-refractivity contribution in [2.24, 2.45) is 0 Å². The zero-order valence-electron chi connectivity index (χ0n) is 25.4. The van der Waals surface area contributed by atoms with Gasteiger partial charge in [-0.3, -0.25) is 0 Å². The van der Waals surface area contributed by atoms with E-state index in [1.165, 1.54) is 6.07 Å². The number of hydrogen-bond acceptors (Lipinski definition) is 10. The second-order valence-corrected chi connectivity index (χ2v) is 9.86. The van der Waals surface area contributed by atoms with Gasteiger partial charge in [-0.05, 0) is 30.3 Å². The van der Waals surface area contributed by atoms with E-state index in [9.17, 15) is 30.3 Å². The summed E-state index contributed by atoms with van der Waals surface area (Å²) < 4.78 is 45.6. The fourth-order valence-electron chi connectivity index (χ4n) is 5.09. The number of aliphatic carboxylic acids is 1. The molecule has 5 rings (SSSR count). The molecule has 6 N–H and O–H groups in total. The highest BCUT2D eigenvalue weighted by Gasteiger charge is 2.48. The molecule has 1 unspecified atom stereocenters. The Hall–Kier alpha value is -3.91. The van der Waals surface area contributed by atoms with Crippen molar-refractivity contribution in [2.45, 2.75) is 36.7 Å². The lowest BCUT2D eigenvalue weighted by Crippen LogP contribution is -2.57. The van der Waals surface area contributed by atoms with Crippen LogP contribution in [0.2, 0.25) is 0 Å². The zero-order chi connectivity index (χ0) is 32.3. The van der Waals surface area contributed by atoms with E-state index in [1.807, 2.05) is 6.07 Å². The van der Waals surface area contributed by atoms with Gasteiger partial charge in [-0.25, -0.2) is 4.79 Å². The van der Waals surface area contributed by atoms with Crippen LogP contribution < -0.4 is 19.5 Å². The van der Waals surface area contributed by atoms with Crippen LogP contribution in [0.15, 0.2) is 66.7 Å². The summed E-state index contributed by atoms with van der Waals surface area (Å²) in [5.41, 5.74) is 1.08. The first-order valence-electron chi connectivity index (χ1n) is 14.8. The third kappa shape index (κ3) is 5.86. The number of rotatable bonds is 12. The second kappa shape index (κ2) is 12.9. The number of benzene rings is 3. The molecular formula is C30H34N2O10. The highest BCUT2D eigenvalue weighted by Crippen LogP contribution is 2.40.